The third-order valence-electron chi connectivity index (χ3n) is 5.42. The van der Waals surface area contributed by atoms with Crippen molar-refractivity contribution in [1.82, 2.24) is 19.9 Å². The first kappa shape index (κ1) is 16.8. The maximum Gasteiger partial charge on any atom is 0.241 e. The highest BCUT2D eigenvalue weighted by Crippen LogP contribution is 2.30. The molecule has 0 aliphatic carbocycles. The van der Waals surface area contributed by atoms with Gasteiger partial charge in [-0.2, -0.15) is 0 Å². The molecule has 0 spiro atoms. The van der Waals surface area contributed by atoms with Crippen LogP contribution in [-0.2, 0) is 4.79 Å². The highest BCUT2D eigenvalue weighted by atomic mass is 16.2. The number of pyridine rings is 1. The summed E-state index contributed by atoms with van der Waals surface area (Å²) in [5, 5.41) is 0. The fourth-order valence-electron chi connectivity index (χ4n) is 3.71. The van der Waals surface area contributed by atoms with E-state index < -0.39 is 0 Å². The maximum atomic E-state index is 12.0. The molecule has 0 unspecified atom stereocenters. The van der Waals surface area contributed by atoms with Gasteiger partial charge in [0, 0.05) is 51.7 Å². The van der Waals surface area contributed by atoms with Crippen LogP contribution in [0.25, 0.3) is 0 Å². The standard InChI is InChI=1S/C19H24N6O/c1-23-10-11-25(13-19(23)26)18-12-17(21-14-22-18)24-8-4-16(5-9-24)15-2-6-20-7-3-15/h2-3,6-7,12,14,16H,4-5,8-11,13H2,1H3. The van der Waals surface area contributed by atoms with Crippen LogP contribution in [0.4, 0.5) is 11.6 Å². The van der Waals surface area contributed by atoms with Crippen molar-refractivity contribution in [3.8, 4) is 0 Å². The second-order valence-corrected chi connectivity index (χ2v) is 7.01. The van der Waals surface area contributed by atoms with Gasteiger partial charge in [0.15, 0.2) is 0 Å². The number of likely N-dealkylation sites (N-methyl/N-ethyl adjacent to an activating group) is 1. The van der Waals surface area contributed by atoms with Gasteiger partial charge < -0.3 is 14.7 Å². The second kappa shape index (κ2) is 7.27. The molecule has 2 fully saturated rings. The van der Waals surface area contributed by atoms with Crippen LogP contribution < -0.4 is 9.80 Å². The summed E-state index contributed by atoms with van der Waals surface area (Å²) in [6, 6.07) is 6.26. The van der Waals surface area contributed by atoms with Crippen LogP contribution in [0, 0.1) is 0 Å². The average Bonchev–Trinajstić information content (AvgIpc) is 2.71. The van der Waals surface area contributed by atoms with Crippen LogP contribution in [0.1, 0.15) is 24.3 Å². The first-order valence-corrected chi connectivity index (χ1v) is 9.16. The van der Waals surface area contributed by atoms with Gasteiger partial charge in [0.05, 0.1) is 6.54 Å². The van der Waals surface area contributed by atoms with E-state index in [0.717, 1.165) is 50.7 Å². The molecule has 1 amide bonds. The number of rotatable bonds is 3. The van der Waals surface area contributed by atoms with Crippen molar-refractivity contribution >= 4 is 17.5 Å². The number of hydrogen-bond donors (Lipinski definition) is 0. The Kier molecular flexibility index (Phi) is 4.69. The minimum absolute atomic E-state index is 0.134. The molecule has 26 heavy (non-hydrogen) atoms. The molecule has 2 saturated heterocycles. The zero-order chi connectivity index (χ0) is 17.9. The summed E-state index contributed by atoms with van der Waals surface area (Å²) in [7, 11) is 1.85. The third-order valence-corrected chi connectivity index (χ3v) is 5.42. The lowest BCUT2D eigenvalue weighted by atomic mass is 9.90. The first-order valence-electron chi connectivity index (χ1n) is 9.16. The maximum absolute atomic E-state index is 12.0. The number of hydrogen-bond acceptors (Lipinski definition) is 6. The molecule has 2 aromatic heterocycles. The Hall–Kier alpha value is -2.70. The Morgan fingerprint density at radius 2 is 1.65 bits per heavy atom. The van der Waals surface area contributed by atoms with Crippen LogP contribution in [0.5, 0.6) is 0 Å². The van der Waals surface area contributed by atoms with Crippen molar-refractivity contribution < 1.29 is 4.79 Å². The van der Waals surface area contributed by atoms with Crippen LogP contribution >= 0.6 is 0 Å². The zero-order valence-electron chi connectivity index (χ0n) is 15.1. The van der Waals surface area contributed by atoms with Gasteiger partial charge in [0.1, 0.15) is 18.0 Å². The minimum Gasteiger partial charge on any atom is -0.356 e. The van der Waals surface area contributed by atoms with E-state index in [1.54, 1.807) is 11.2 Å². The summed E-state index contributed by atoms with van der Waals surface area (Å²) in [5.41, 5.74) is 1.37. The molecule has 0 saturated carbocycles. The summed E-state index contributed by atoms with van der Waals surface area (Å²) in [5.74, 6) is 2.52. The monoisotopic (exact) mass is 352 g/mol. The summed E-state index contributed by atoms with van der Waals surface area (Å²) < 4.78 is 0. The molecule has 0 bridgehead atoms. The number of nitrogens with zero attached hydrogens (tertiary/aromatic N) is 6. The van der Waals surface area contributed by atoms with Crippen molar-refractivity contribution in [2.75, 3.05) is 49.6 Å². The van der Waals surface area contributed by atoms with E-state index >= 15 is 0 Å². The fourth-order valence-corrected chi connectivity index (χ4v) is 3.71. The predicted octanol–water partition coefficient (Wildman–Crippen LogP) is 1.53. The Morgan fingerprint density at radius 1 is 0.962 bits per heavy atom. The molecular formula is C19H24N6O. The lowest BCUT2D eigenvalue weighted by Crippen LogP contribution is -2.48. The molecule has 2 aromatic rings. The van der Waals surface area contributed by atoms with E-state index in [2.05, 4.69) is 32.0 Å². The molecule has 0 radical (unpaired) electrons. The molecule has 7 nitrogen and oxygen atoms in total. The van der Waals surface area contributed by atoms with Crippen molar-refractivity contribution in [2.45, 2.75) is 18.8 Å². The number of carbonyl (C=O) groups is 1. The molecule has 2 aliphatic heterocycles. The van der Waals surface area contributed by atoms with E-state index in [1.165, 1.54) is 5.56 Å². The largest absolute Gasteiger partial charge is 0.356 e. The number of amides is 1. The number of aromatic nitrogens is 3. The van der Waals surface area contributed by atoms with Gasteiger partial charge in [-0.25, -0.2) is 9.97 Å². The van der Waals surface area contributed by atoms with Crippen molar-refractivity contribution in [3.63, 3.8) is 0 Å². The van der Waals surface area contributed by atoms with E-state index in [4.69, 9.17) is 0 Å². The van der Waals surface area contributed by atoms with Crippen molar-refractivity contribution in [2.24, 2.45) is 0 Å². The molecule has 2 aliphatic rings. The molecule has 0 N–H and O–H groups in total. The van der Waals surface area contributed by atoms with Gasteiger partial charge in [-0.1, -0.05) is 0 Å². The van der Waals surface area contributed by atoms with Gasteiger partial charge in [-0.3, -0.25) is 9.78 Å². The Morgan fingerprint density at radius 3 is 2.35 bits per heavy atom. The van der Waals surface area contributed by atoms with Gasteiger partial charge in [-0.15, -0.1) is 0 Å². The smallest absolute Gasteiger partial charge is 0.241 e. The number of piperidine rings is 1. The molecular weight excluding hydrogens is 328 g/mol. The minimum atomic E-state index is 0.134. The highest BCUT2D eigenvalue weighted by molar-refractivity contribution is 5.82. The zero-order valence-corrected chi connectivity index (χ0v) is 15.1. The van der Waals surface area contributed by atoms with Crippen LogP contribution in [0.2, 0.25) is 0 Å². The van der Waals surface area contributed by atoms with Crippen LogP contribution in [0.3, 0.4) is 0 Å². The van der Waals surface area contributed by atoms with Crippen LogP contribution in [-0.4, -0.2) is 65.5 Å². The Balaban J connectivity index is 1.42. The van der Waals surface area contributed by atoms with Gasteiger partial charge >= 0.3 is 0 Å². The molecule has 0 aromatic carbocycles. The van der Waals surface area contributed by atoms with Gasteiger partial charge in [0.2, 0.25) is 5.91 Å². The van der Waals surface area contributed by atoms with Gasteiger partial charge in [-0.05, 0) is 36.5 Å². The summed E-state index contributed by atoms with van der Waals surface area (Å²) in [6.45, 7) is 3.88. The lowest BCUT2D eigenvalue weighted by Gasteiger charge is -2.35. The van der Waals surface area contributed by atoms with E-state index in [9.17, 15) is 4.79 Å². The van der Waals surface area contributed by atoms with E-state index in [-0.39, 0.29) is 5.91 Å². The fraction of sp³-hybridized carbons (Fsp3) is 0.474. The van der Waals surface area contributed by atoms with Crippen molar-refractivity contribution in [1.29, 1.82) is 0 Å². The van der Waals surface area contributed by atoms with E-state index in [1.807, 2.05) is 30.4 Å². The SMILES string of the molecule is CN1CCN(c2cc(N3CCC(c4ccncc4)CC3)ncn2)CC1=O. The molecule has 4 heterocycles. The van der Waals surface area contributed by atoms with Crippen molar-refractivity contribution in [3.05, 3.63) is 42.5 Å². The summed E-state index contributed by atoms with van der Waals surface area (Å²) >= 11 is 0. The average molecular weight is 352 g/mol. The third kappa shape index (κ3) is 3.47. The topological polar surface area (TPSA) is 65.5 Å². The molecule has 4 rings (SSSR count). The number of anilines is 2. The van der Waals surface area contributed by atoms with Crippen LogP contribution in [0.15, 0.2) is 36.9 Å². The first-order chi connectivity index (χ1) is 12.7. The summed E-state index contributed by atoms with van der Waals surface area (Å²) in [6.07, 6.45) is 7.57. The Bertz CT molecular complexity index is 760. The number of piperazine rings is 1. The van der Waals surface area contributed by atoms with Gasteiger partial charge in [0.25, 0.3) is 0 Å². The number of carbonyl (C=O) groups excluding carboxylic acids is 1. The quantitative estimate of drug-likeness (QED) is 0.835. The molecule has 7 heteroatoms. The molecule has 136 valence electrons. The predicted molar refractivity (Wildman–Crippen MR) is 100 cm³/mol. The molecule has 0 atom stereocenters. The van der Waals surface area contributed by atoms with E-state index in [0.29, 0.717) is 12.5 Å². The lowest BCUT2D eigenvalue weighted by molar-refractivity contribution is -0.129. The highest BCUT2D eigenvalue weighted by Gasteiger charge is 2.24. The summed E-state index contributed by atoms with van der Waals surface area (Å²) in [4.78, 5) is 31.1. The normalized spacial score (nSPS) is 19.1. The Labute approximate surface area is 153 Å². The second-order valence-electron chi connectivity index (χ2n) is 7.01.